The number of amides is 3. The van der Waals surface area contributed by atoms with Crippen molar-refractivity contribution in [3.05, 3.63) is 83.9 Å². The van der Waals surface area contributed by atoms with Crippen LogP contribution >= 0.6 is 0 Å². The lowest BCUT2D eigenvalue weighted by atomic mass is 9.75. The summed E-state index contributed by atoms with van der Waals surface area (Å²) in [6, 6.07) is 23.5. The maximum Gasteiger partial charge on any atom is 0.410 e. The van der Waals surface area contributed by atoms with E-state index in [2.05, 4.69) is 23.5 Å². The molecule has 1 saturated heterocycles. The fourth-order valence-electron chi connectivity index (χ4n) is 6.68. The molecule has 0 unspecified atom stereocenters. The van der Waals surface area contributed by atoms with E-state index in [0.717, 1.165) is 41.5 Å². The molecule has 50 heavy (non-hydrogen) atoms. The Labute approximate surface area is 296 Å². The van der Waals surface area contributed by atoms with E-state index in [4.69, 9.17) is 18.9 Å². The van der Waals surface area contributed by atoms with E-state index in [1.54, 1.807) is 19.1 Å². The van der Waals surface area contributed by atoms with Crippen LogP contribution in [0.3, 0.4) is 0 Å². The molecule has 268 valence electrons. The molecule has 3 aromatic rings. The van der Waals surface area contributed by atoms with Crippen LogP contribution in [0.5, 0.6) is 11.5 Å². The third-order valence-corrected chi connectivity index (χ3v) is 9.00. The monoisotopic (exact) mass is 685 g/mol. The lowest BCUT2D eigenvalue weighted by Gasteiger charge is -2.45. The summed E-state index contributed by atoms with van der Waals surface area (Å²) in [5.74, 6) is -0.0621. The number of nitrogens with zero attached hydrogens (tertiary/aromatic N) is 2. The number of methoxy groups -OCH3 is 2. The van der Waals surface area contributed by atoms with Gasteiger partial charge in [0.1, 0.15) is 17.1 Å². The number of benzene rings is 3. The molecule has 1 aliphatic carbocycles. The summed E-state index contributed by atoms with van der Waals surface area (Å²) >= 11 is 0. The Bertz CT molecular complexity index is 1620. The van der Waals surface area contributed by atoms with Crippen LogP contribution in [0.4, 0.5) is 4.79 Å². The summed E-state index contributed by atoms with van der Waals surface area (Å²) in [5.41, 5.74) is 3.15. The number of ether oxygens (including phenoxy) is 4. The molecule has 3 atom stereocenters. The van der Waals surface area contributed by atoms with Gasteiger partial charge in [-0.15, -0.1) is 0 Å². The highest BCUT2D eigenvalue weighted by atomic mass is 16.6. The Morgan fingerprint density at radius 3 is 2.26 bits per heavy atom. The molecule has 0 radical (unpaired) electrons. The Balaban J connectivity index is 1.53. The summed E-state index contributed by atoms with van der Waals surface area (Å²) in [6.07, 6.45) is 2.01. The quantitative estimate of drug-likeness (QED) is 0.207. The average Bonchev–Trinajstić information content (AvgIpc) is 3.93. The van der Waals surface area contributed by atoms with Gasteiger partial charge in [-0.05, 0) is 68.0 Å². The van der Waals surface area contributed by atoms with Gasteiger partial charge in [0.05, 0.1) is 25.7 Å². The predicted octanol–water partition coefficient (Wildman–Crippen LogP) is 6.42. The van der Waals surface area contributed by atoms with Gasteiger partial charge in [0, 0.05) is 64.7 Å². The first-order chi connectivity index (χ1) is 24.0. The fourth-order valence-corrected chi connectivity index (χ4v) is 6.68. The third-order valence-electron chi connectivity index (χ3n) is 9.00. The zero-order valence-corrected chi connectivity index (χ0v) is 30.1. The first-order valence-corrected chi connectivity index (χ1v) is 17.5. The number of rotatable bonds is 13. The van der Waals surface area contributed by atoms with Crippen molar-refractivity contribution in [2.75, 3.05) is 40.5 Å². The summed E-state index contributed by atoms with van der Waals surface area (Å²) in [4.78, 5) is 44.8. The minimum Gasteiger partial charge on any atom is -0.497 e. The van der Waals surface area contributed by atoms with E-state index < -0.39 is 29.6 Å². The van der Waals surface area contributed by atoms with E-state index >= 15 is 4.79 Å². The summed E-state index contributed by atoms with van der Waals surface area (Å²) in [5, 5.41) is 3.11. The smallest absolute Gasteiger partial charge is 0.410 e. The highest BCUT2D eigenvalue weighted by Crippen LogP contribution is 2.40. The highest BCUT2D eigenvalue weighted by Gasteiger charge is 2.47. The Morgan fingerprint density at radius 1 is 0.880 bits per heavy atom. The van der Waals surface area contributed by atoms with E-state index in [0.29, 0.717) is 31.3 Å². The van der Waals surface area contributed by atoms with Crippen LogP contribution in [0, 0.1) is 5.92 Å². The van der Waals surface area contributed by atoms with Gasteiger partial charge < -0.3 is 34.1 Å². The largest absolute Gasteiger partial charge is 0.497 e. The van der Waals surface area contributed by atoms with Crippen LogP contribution < -0.4 is 14.8 Å². The molecule has 1 aliphatic heterocycles. The molecule has 3 aromatic carbocycles. The number of hydrogen-bond donors (Lipinski definition) is 1. The molecule has 0 bridgehead atoms. The molecule has 0 spiro atoms. The van der Waals surface area contributed by atoms with Gasteiger partial charge in [-0.3, -0.25) is 9.59 Å². The van der Waals surface area contributed by atoms with Crippen molar-refractivity contribution >= 4 is 17.9 Å². The second-order valence-corrected chi connectivity index (χ2v) is 14.2. The van der Waals surface area contributed by atoms with Crippen molar-refractivity contribution in [2.45, 2.75) is 77.1 Å². The normalized spacial score (nSPS) is 19.0. The predicted molar refractivity (Wildman–Crippen MR) is 192 cm³/mol. The van der Waals surface area contributed by atoms with E-state index in [-0.39, 0.29) is 30.9 Å². The van der Waals surface area contributed by atoms with Crippen LogP contribution in [-0.4, -0.2) is 85.9 Å². The lowest BCUT2D eigenvalue weighted by Crippen LogP contribution is -2.60. The van der Waals surface area contributed by atoms with E-state index in [9.17, 15) is 9.59 Å². The van der Waals surface area contributed by atoms with E-state index in [1.807, 2.05) is 80.3 Å². The van der Waals surface area contributed by atoms with Crippen LogP contribution in [0.15, 0.2) is 72.8 Å². The molecule has 10 heteroatoms. The highest BCUT2D eigenvalue weighted by molar-refractivity contribution is 5.83. The molecule has 2 fully saturated rings. The standard InChI is InChI=1S/C40H51N3O7/c1-27(44)41-36-26-42(39(46)50-40(2,3)4)25-35(37(36)31-15-10-14-30(22-31)29-12-8-7-9-13-29)38(45)43(32-16-17-32)24-28-20-33(48-6)23-34(21-28)49-19-11-18-47-5/h7-10,12-15,20-23,32,35-37H,11,16-19,24-26H2,1-6H3,(H,41,44)/t35-,36+,37+/m0/s1. The zero-order valence-electron chi connectivity index (χ0n) is 30.1. The number of nitrogens with one attached hydrogen (secondary N) is 1. The van der Waals surface area contributed by atoms with Crippen LogP contribution in [-0.2, 0) is 25.6 Å². The maximum atomic E-state index is 15.0. The van der Waals surface area contributed by atoms with Gasteiger partial charge in [0.25, 0.3) is 0 Å². The topological polar surface area (TPSA) is 107 Å². The number of likely N-dealkylation sites (tertiary alicyclic amines) is 1. The minimum absolute atomic E-state index is 0.0622. The fraction of sp³-hybridized carbons (Fsp3) is 0.475. The molecule has 3 amide bonds. The van der Waals surface area contributed by atoms with Crippen LogP contribution in [0.25, 0.3) is 11.1 Å². The molecule has 1 saturated carbocycles. The van der Waals surface area contributed by atoms with Crippen molar-refractivity contribution in [1.29, 1.82) is 0 Å². The molecule has 2 aliphatic rings. The van der Waals surface area contributed by atoms with Gasteiger partial charge in [0.2, 0.25) is 11.8 Å². The molecule has 1 heterocycles. The zero-order chi connectivity index (χ0) is 35.8. The Hall–Kier alpha value is -4.57. The van der Waals surface area contributed by atoms with Crippen LogP contribution in [0.2, 0.25) is 0 Å². The van der Waals surface area contributed by atoms with Crippen molar-refractivity contribution in [1.82, 2.24) is 15.1 Å². The molecule has 10 nitrogen and oxygen atoms in total. The summed E-state index contributed by atoms with van der Waals surface area (Å²) in [6.45, 7) is 8.72. The molecule has 0 aromatic heterocycles. The number of hydrogen-bond acceptors (Lipinski definition) is 7. The van der Waals surface area contributed by atoms with Crippen molar-refractivity contribution in [3.63, 3.8) is 0 Å². The van der Waals surface area contributed by atoms with Gasteiger partial charge in [0.15, 0.2) is 0 Å². The van der Waals surface area contributed by atoms with Crippen molar-refractivity contribution in [3.8, 4) is 22.6 Å². The van der Waals surface area contributed by atoms with Gasteiger partial charge in [-0.2, -0.15) is 0 Å². The second kappa shape index (κ2) is 16.4. The molecule has 1 N–H and O–H groups in total. The second-order valence-electron chi connectivity index (χ2n) is 14.2. The minimum atomic E-state index is -0.725. The number of piperidine rings is 1. The summed E-state index contributed by atoms with van der Waals surface area (Å²) in [7, 11) is 3.27. The first-order valence-electron chi connectivity index (χ1n) is 17.5. The number of carbonyl (C=O) groups is 3. The SMILES string of the molecule is COCCCOc1cc(CN(C(=O)[C@H]2CN(C(=O)OC(C)(C)C)C[C@@H](NC(C)=O)[C@@H]2c2cccc(-c3ccccc3)c2)C2CC2)cc(OC)c1. The van der Waals surface area contributed by atoms with Crippen LogP contribution in [0.1, 0.15) is 64.0 Å². The first kappa shape index (κ1) is 36.7. The Kier molecular flexibility index (Phi) is 12.1. The van der Waals surface area contributed by atoms with Crippen molar-refractivity contribution < 1.29 is 33.3 Å². The average molecular weight is 686 g/mol. The molecule has 5 rings (SSSR count). The van der Waals surface area contributed by atoms with Gasteiger partial charge >= 0.3 is 6.09 Å². The Morgan fingerprint density at radius 2 is 1.60 bits per heavy atom. The number of carbonyl (C=O) groups excluding carboxylic acids is 3. The maximum absolute atomic E-state index is 15.0. The van der Waals surface area contributed by atoms with Gasteiger partial charge in [-0.25, -0.2) is 4.79 Å². The molecular formula is C40H51N3O7. The lowest BCUT2D eigenvalue weighted by molar-refractivity contribution is -0.140. The van der Waals surface area contributed by atoms with Crippen molar-refractivity contribution in [2.24, 2.45) is 5.92 Å². The van der Waals surface area contributed by atoms with E-state index in [1.165, 1.54) is 6.92 Å². The van der Waals surface area contributed by atoms with Gasteiger partial charge in [-0.1, -0.05) is 54.6 Å². The summed E-state index contributed by atoms with van der Waals surface area (Å²) < 4.78 is 22.6. The molecular weight excluding hydrogens is 634 g/mol. The third kappa shape index (κ3) is 9.78.